The van der Waals surface area contributed by atoms with Crippen molar-refractivity contribution < 1.29 is 9.53 Å². The lowest BCUT2D eigenvalue weighted by Gasteiger charge is -2.48. The summed E-state index contributed by atoms with van der Waals surface area (Å²) in [7, 11) is 0. The Morgan fingerprint density at radius 3 is 2.50 bits per heavy atom. The van der Waals surface area contributed by atoms with Crippen LogP contribution in [0.3, 0.4) is 0 Å². The van der Waals surface area contributed by atoms with E-state index >= 15 is 0 Å². The number of benzene rings is 2. The summed E-state index contributed by atoms with van der Waals surface area (Å²) >= 11 is 1.56. The first-order chi connectivity index (χ1) is 15.5. The number of nitrogens with two attached hydrogens (primary N) is 2. The Morgan fingerprint density at radius 1 is 1.12 bits per heavy atom. The number of aromatic nitrogens is 1. The van der Waals surface area contributed by atoms with E-state index in [0.29, 0.717) is 11.1 Å². The summed E-state index contributed by atoms with van der Waals surface area (Å²) < 4.78 is 7.09. The smallest absolute Gasteiger partial charge is 0.279 e. The van der Waals surface area contributed by atoms with E-state index in [2.05, 4.69) is 28.1 Å². The SMILES string of the molecule is NC(=O)C1(CC2CCN(Cc3ccc(Oc4nc5ccccc5s4)cc3)CC2)CCC1N. The molecule has 7 heteroatoms. The van der Waals surface area contributed by atoms with E-state index in [1.165, 1.54) is 5.56 Å². The van der Waals surface area contributed by atoms with Crippen LogP contribution in [0.2, 0.25) is 0 Å². The Balaban J connectivity index is 1.12. The maximum atomic E-state index is 12.0. The van der Waals surface area contributed by atoms with Crippen molar-refractivity contribution in [1.29, 1.82) is 0 Å². The molecular formula is C25H30N4O2S. The predicted octanol–water partition coefficient (Wildman–Crippen LogP) is 4.28. The molecule has 1 saturated carbocycles. The van der Waals surface area contributed by atoms with E-state index in [-0.39, 0.29) is 11.9 Å². The minimum absolute atomic E-state index is 0.0541. The number of rotatable bonds is 7. The predicted molar refractivity (Wildman–Crippen MR) is 128 cm³/mol. The second-order valence-corrected chi connectivity index (χ2v) is 10.3. The number of fused-ring (bicyclic) bond motifs is 1. The molecule has 0 radical (unpaired) electrons. The van der Waals surface area contributed by atoms with Gasteiger partial charge in [-0.1, -0.05) is 35.6 Å². The number of ether oxygens (including phenoxy) is 1. The van der Waals surface area contributed by atoms with Gasteiger partial charge in [0, 0.05) is 12.6 Å². The van der Waals surface area contributed by atoms with Crippen LogP contribution in [-0.2, 0) is 11.3 Å². The Hall–Kier alpha value is -2.48. The lowest BCUT2D eigenvalue weighted by molar-refractivity contribution is -0.136. The molecule has 32 heavy (non-hydrogen) atoms. The van der Waals surface area contributed by atoms with E-state index in [1.54, 1.807) is 11.3 Å². The largest absolute Gasteiger partial charge is 0.431 e. The molecule has 2 heterocycles. The van der Waals surface area contributed by atoms with Crippen molar-refractivity contribution in [3.05, 3.63) is 54.1 Å². The summed E-state index contributed by atoms with van der Waals surface area (Å²) in [4.78, 5) is 19.0. The van der Waals surface area contributed by atoms with Gasteiger partial charge in [-0.25, -0.2) is 4.98 Å². The molecule has 1 aliphatic carbocycles. The standard InChI is InChI=1S/C25H30N4O2S/c26-22-9-12-25(22,23(27)30)15-17-10-13-29(14-11-17)16-18-5-7-19(8-6-18)31-24-28-20-3-1-2-4-21(20)32-24/h1-8,17,22H,9-16,26H2,(H2,27,30). The van der Waals surface area contributed by atoms with Crippen molar-refractivity contribution in [1.82, 2.24) is 9.88 Å². The molecule has 2 aliphatic rings. The third-order valence-electron chi connectivity index (χ3n) is 7.27. The number of likely N-dealkylation sites (tertiary alicyclic amines) is 1. The van der Waals surface area contributed by atoms with Crippen LogP contribution in [-0.4, -0.2) is 34.9 Å². The van der Waals surface area contributed by atoms with Crippen LogP contribution >= 0.6 is 11.3 Å². The average Bonchev–Trinajstić information content (AvgIpc) is 3.21. The molecule has 2 unspecified atom stereocenters. The van der Waals surface area contributed by atoms with Crippen molar-refractivity contribution in [3.63, 3.8) is 0 Å². The van der Waals surface area contributed by atoms with Crippen molar-refractivity contribution >= 4 is 27.5 Å². The van der Waals surface area contributed by atoms with Gasteiger partial charge < -0.3 is 16.2 Å². The van der Waals surface area contributed by atoms with Gasteiger partial charge >= 0.3 is 0 Å². The molecule has 0 bridgehead atoms. The number of carbonyl (C=O) groups is 1. The molecule has 2 atom stereocenters. The van der Waals surface area contributed by atoms with Gasteiger partial charge in [0.1, 0.15) is 5.75 Å². The second kappa shape index (κ2) is 8.81. The van der Waals surface area contributed by atoms with Gasteiger partial charge in [0.05, 0.1) is 15.6 Å². The summed E-state index contributed by atoms with van der Waals surface area (Å²) in [5.74, 6) is 1.14. The van der Waals surface area contributed by atoms with Crippen LogP contribution in [0, 0.1) is 11.3 Å². The molecule has 168 valence electrons. The summed E-state index contributed by atoms with van der Waals surface area (Å²) in [6, 6.07) is 16.3. The van der Waals surface area contributed by atoms with Crippen LogP contribution in [0.25, 0.3) is 10.2 Å². The topological polar surface area (TPSA) is 94.5 Å². The van der Waals surface area contributed by atoms with Gasteiger partial charge in [-0.05, 0) is 80.9 Å². The highest BCUT2D eigenvalue weighted by molar-refractivity contribution is 7.20. The number of thiazole rings is 1. The Bertz CT molecular complexity index is 1060. The number of nitrogens with zero attached hydrogens (tertiary/aromatic N) is 2. The zero-order valence-electron chi connectivity index (χ0n) is 18.2. The molecule has 5 rings (SSSR count). The third kappa shape index (κ3) is 4.25. The first-order valence-corrected chi connectivity index (χ1v) is 12.2. The molecule has 6 nitrogen and oxygen atoms in total. The van der Waals surface area contributed by atoms with Gasteiger partial charge in [0.2, 0.25) is 5.91 Å². The number of piperidine rings is 1. The van der Waals surface area contributed by atoms with Crippen LogP contribution < -0.4 is 16.2 Å². The lowest BCUT2D eigenvalue weighted by Crippen LogP contribution is -2.59. The second-order valence-electron chi connectivity index (χ2n) is 9.28. The molecule has 3 aromatic rings. The minimum atomic E-state index is -0.452. The highest BCUT2D eigenvalue weighted by atomic mass is 32.1. The van der Waals surface area contributed by atoms with Crippen molar-refractivity contribution in [2.45, 2.75) is 44.7 Å². The normalized spacial score (nSPS) is 24.3. The Kier molecular flexibility index (Phi) is 5.88. The number of primary amides is 1. The molecule has 0 spiro atoms. The molecule has 1 aromatic heterocycles. The maximum Gasteiger partial charge on any atom is 0.279 e. The fourth-order valence-corrected chi connectivity index (χ4v) is 5.93. The third-order valence-corrected chi connectivity index (χ3v) is 8.19. The molecular weight excluding hydrogens is 420 g/mol. The molecule has 2 fully saturated rings. The molecule has 4 N–H and O–H groups in total. The van der Waals surface area contributed by atoms with E-state index < -0.39 is 5.41 Å². The van der Waals surface area contributed by atoms with E-state index in [4.69, 9.17) is 16.2 Å². The van der Waals surface area contributed by atoms with Crippen molar-refractivity contribution in [2.24, 2.45) is 22.8 Å². The van der Waals surface area contributed by atoms with Crippen LogP contribution in [0.1, 0.15) is 37.7 Å². The maximum absolute atomic E-state index is 12.0. The van der Waals surface area contributed by atoms with Gasteiger partial charge in [0.25, 0.3) is 5.19 Å². The number of hydrogen-bond donors (Lipinski definition) is 2. The summed E-state index contributed by atoms with van der Waals surface area (Å²) in [5.41, 5.74) is 13.7. The molecule has 1 amide bonds. The minimum Gasteiger partial charge on any atom is -0.431 e. The quantitative estimate of drug-likeness (QED) is 0.560. The zero-order valence-corrected chi connectivity index (χ0v) is 19.0. The van der Waals surface area contributed by atoms with Crippen LogP contribution in [0.15, 0.2) is 48.5 Å². The number of para-hydroxylation sites is 1. The number of amides is 1. The van der Waals surface area contributed by atoms with Gasteiger partial charge in [-0.3, -0.25) is 9.69 Å². The number of carbonyl (C=O) groups excluding carboxylic acids is 1. The van der Waals surface area contributed by atoms with E-state index in [9.17, 15) is 4.79 Å². The Morgan fingerprint density at radius 2 is 1.88 bits per heavy atom. The Labute approximate surface area is 192 Å². The van der Waals surface area contributed by atoms with Crippen LogP contribution in [0.5, 0.6) is 10.9 Å². The lowest BCUT2D eigenvalue weighted by atomic mass is 9.59. The monoisotopic (exact) mass is 450 g/mol. The first-order valence-electron chi connectivity index (χ1n) is 11.4. The van der Waals surface area contributed by atoms with E-state index in [0.717, 1.165) is 67.7 Å². The van der Waals surface area contributed by atoms with Gasteiger partial charge in [-0.15, -0.1) is 0 Å². The first kappa shape index (κ1) is 21.4. The van der Waals surface area contributed by atoms with Crippen molar-refractivity contribution in [3.8, 4) is 10.9 Å². The van der Waals surface area contributed by atoms with Crippen LogP contribution in [0.4, 0.5) is 0 Å². The fourth-order valence-electron chi connectivity index (χ4n) is 5.10. The number of hydrogen-bond acceptors (Lipinski definition) is 6. The highest BCUT2D eigenvalue weighted by Crippen LogP contribution is 2.46. The molecule has 2 aromatic carbocycles. The van der Waals surface area contributed by atoms with Crippen molar-refractivity contribution in [2.75, 3.05) is 13.1 Å². The summed E-state index contributed by atoms with van der Waals surface area (Å²) in [6.45, 7) is 3.01. The summed E-state index contributed by atoms with van der Waals surface area (Å²) in [6.07, 6.45) is 4.83. The average molecular weight is 451 g/mol. The summed E-state index contributed by atoms with van der Waals surface area (Å²) in [5, 5.41) is 0.668. The van der Waals surface area contributed by atoms with Gasteiger partial charge in [0.15, 0.2) is 0 Å². The molecule has 1 saturated heterocycles. The molecule has 1 aliphatic heterocycles. The fraction of sp³-hybridized carbons (Fsp3) is 0.440. The highest BCUT2D eigenvalue weighted by Gasteiger charge is 2.50. The zero-order chi connectivity index (χ0) is 22.1. The van der Waals surface area contributed by atoms with Gasteiger partial charge in [-0.2, -0.15) is 0 Å². The van der Waals surface area contributed by atoms with E-state index in [1.807, 2.05) is 30.3 Å².